The standard InChI is InChI=1S/C9H12ClNS/c10-5-1-2-7-12-9-4-3-6-11-8-9/h3-4,6,8H,1-2,5,7H2. The molecule has 0 aromatic carbocycles. The van der Waals surface area contributed by atoms with Gasteiger partial charge < -0.3 is 0 Å². The highest BCUT2D eigenvalue weighted by Crippen LogP contribution is 2.17. The van der Waals surface area contributed by atoms with E-state index in [1.54, 1.807) is 6.20 Å². The highest BCUT2D eigenvalue weighted by Gasteiger charge is 1.92. The SMILES string of the molecule is ClCCCCSc1cccnc1. The maximum atomic E-state index is 5.56. The van der Waals surface area contributed by atoms with Gasteiger partial charge in [0.25, 0.3) is 0 Å². The normalized spacial score (nSPS) is 10.1. The van der Waals surface area contributed by atoms with E-state index in [9.17, 15) is 0 Å². The largest absolute Gasteiger partial charge is 0.264 e. The van der Waals surface area contributed by atoms with E-state index in [-0.39, 0.29) is 0 Å². The van der Waals surface area contributed by atoms with Crippen LogP contribution in [0.1, 0.15) is 12.8 Å². The molecule has 1 aromatic heterocycles. The van der Waals surface area contributed by atoms with Crippen molar-refractivity contribution < 1.29 is 0 Å². The molecule has 66 valence electrons. The Hall–Kier alpha value is -0.210. The average Bonchev–Trinajstić information content (AvgIpc) is 2.14. The van der Waals surface area contributed by atoms with Crippen molar-refractivity contribution in [2.45, 2.75) is 17.7 Å². The van der Waals surface area contributed by atoms with Gasteiger partial charge in [-0.25, -0.2) is 0 Å². The molecule has 3 heteroatoms. The fourth-order valence-electron chi connectivity index (χ4n) is 0.819. The minimum absolute atomic E-state index is 0.771. The number of hydrogen-bond acceptors (Lipinski definition) is 2. The van der Waals surface area contributed by atoms with Crippen LogP contribution < -0.4 is 0 Å². The van der Waals surface area contributed by atoms with Crippen LogP contribution in [0.2, 0.25) is 0 Å². The predicted octanol–water partition coefficient (Wildman–Crippen LogP) is 3.19. The Balaban J connectivity index is 2.16. The third-order valence-electron chi connectivity index (χ3n) is 1.43. The summed E-state index contributed by atoms with van der Waals surface area (Å²) in [6, 6.07) is 4.04. The van der Waals surface area contributed by atoms with E-state index in [1.807, 2.05) is 24.0 Å². The van der Waals surface area contributed by atoms with Gasteiger partial charge in [0, 0.05) is 23.2 Å². The first-order valence-electron chi connectivity index (χ1n) is 4.02. The molecule has 0 amide bonds. The van der Waals surface area contributed by atoms with Crippen LogP contribution in [0.5, 0.6) is 0 Å². The number of hydrogen-bond donors (Lipinski definition) is 0. The Kier molecular flexibility index (Phi) is 5.20. The van der Waals surface area contributed by atoms with Crippen molar-refractivity contribution in [3.05, 3.63) is 24.5 Å². The molecule has 1 rings (SSSR count). The smallest absolute Gasteiger partial charge is 0.0403 e. The van der Waals surface area contributed by atoms with Gasteiger partial charge >= 0.3 is 0 Å². The Morgan fingerprint density at radius 2 is 2.33 bits per heavy atom. The van der Waals surface area contributed by atoms with Crippen molar-refractivity contribution in [3.63, 3.8) is 0 Å². The Morgan fingerprint density at radius 1 is 1.42 bits per heavy atom. The number of pyridine rings is 1. The molecule has 1 nitrogen and oxygen atoms in total. The lowest BCUT2D eigenvalue weighted by molar-refractivity contribution is 0.902. The van der Waals surface area contributed by atoms with Gasteiger partial charge in [-0.3, -0.25) is 4.98 Å². The van der Waals surface area contributed by atoms with Gasteiger partial charge in [-0.05, 0) is 30.7 Å². The number of thioether (sulfide) groups is 1. The van der Waals surface area contributed by atoms with Crippen LogP contribution in [0, 0.1) is 0 Å². The first kappa shape index (κ1) is 9.87. The van der Waals surface area contributed by atoms with Gasteiger partial charge in [0.1, 0.15) is 0 Å². The summed E-state index contributed by atoms with van der Waals surface area (Å²) < 4.78 is 0. The minimum Gasteiger partial charge on any atom is -0.264 e. The summed E-state index contributed by atoms with van der Waals surface area (Å²) in [7, 11) is 0. The molecule has 0 unspecified atom stereocenters. The molecule has 0 atom stereocenters. The Bertz CT molecular complexity index is 203. The van der Waals surface area contributed by atoms with E-state index in [2.05, 4.69) is 11.1 Å². The fourth-order valence-corrected chi connectivity index (χ4v) is 1.90. The number of nitrogens with zero attached hydrogens (tertiary/aromatic N) is 1. The molecule has 0 fully saturated rings. The first-order valence-corrected chi connectivity index (χ1v) is 5.54. The third kappa shape index (κ3) is 3.98. The second kappa shape index (κ2) is 6.32. The van der Waals surface area contributed by atoms with Crippen molar-refractivity contribution in [3.8, 4) is 0 Å². The highest BCUT2D eigenvalue weighted by atomic mass is 35.5. The van der Waals surface area contributed by atoms with Gasteiger partial charge in [0.2, 0.25) is 0 Å². The topological polar surface area (TPSA) is 12.9 Å². The van der Waals surface area contributed by atoms with Crippen LogP contribution in [0.3, 0.4) is 0 Å². The molecule has 12 heavy (non-hydrogen) atoms. The van der Waals surface area contributed by atoms with Crippen molar-refractivity contribution in [2.24, 2.45) is 0 Å². The van der Waals surface area contributed by atoms with Crippen LogP contribution in [0.4, 0.5) is 0 Å². The highest BCUT2D eigenvalue weighted by molar-refractivity contribution is 7.99. The summed E-state index contributed by atoms with van der Waals surface area (Å²) in [5.41, 5.74) is 0. The lowest BCUT2D eigenvalue weighted by atomic mass is 10.4. The second-order valence-electron chi connectivity index (χ2n) is 2.43. The van der Waals surface area contributed by atoms with Crippen molar-refractivity contribution in [2.75, 3.05) is 11.6 Å². The fraction of sp³-hybridized carbons (Fsp3) is 0.444. The Morgan fingerprint density at radius 3 is 3.00 bits per heavy atom. The van der Waals surface area contributed by atoms with Crippen LogP contribution in [-0.2, 0) is 0 Å². The van der Waals surface area contributed by atoms with Gasteiger partial charge in [0.05, 0.1) is 0 Å². The summed E-state index contributed by atoms with van der Waals surface area (Å²) in [5.74, 6) is 1.91. The molecule has 0 spiro atoms. The molecule has 0 radical (unpaired) electrons. The summed E-state index contributed by atoms with van der Waals surface area (Å²) in [6.07, 6.45) is 5.98. The van der Waals surface area contributed by atoms with E-state index >= 15 is 0 Å². The molecule has 0 aliphatic rings. The molecule has 0 saturated heterocycles. The lowest BCUT2D eigenvalue weighted by Gasteiger charge is -1.98. The number of alkyl halides is 1. The maximum absolute atomic E-state index is 5.56. The molecule has 1 heterocycles. The molecule has 1 aromatic rings. The maximum Gasteiger partial charge on any atom is 0.0403 e. The lowest BCUT2D eigenvalue weighted by Crippen LogP contribution is -1.81. The first-order chi connectivity index (χ1) is 5.93. The number of unbranched alkanes of at least 4 members (excludes halogenated alkanes) is 1. The van der Waals surface area contributed by atoms with Gasteiger partial charge in [-0.1, -0.05) is 0 Å². The molecule has 0 N–H and O–H groups in total. The van der Waals surface area contributed by atoms with E-state index in [1.165, 1.54) is 11.3 Å². The number of aromatic nitrogens is 1. The van der Waals surface area contributed by atoms with E-state index in [4.69, 9.17) is 11.6 Å². The zero-order valence-electron chi connectivity index (χ0n) is 6.87. The monoisotopic (exact) mass is 201 g/mol. The van der Waals surface area contributed by atoms with Gasteiger partial charge in [-0.15, -0.1) is 23.4 Å². The van der Waals surface area contributed by atoms with E-state index in [0.717, 1.165) is 18.1 Å². The molecular weight excluding hydrogens is 190 g/mol. The molecule has 0 aliphatic carbocycles. The van der Waals surface area contributed by atoms with E-state index < -0.39 is 0 Å². The zero-order chi connectivity index (χ0) is 8.65. The van der Waals surface area contributed by atoms with Gasteiger partial charge in [0.15, 0.2) is 0 Å². The van der Waals surface area contributed by atoms with Crippen LogP contribution in [0.15, 0.2) is 29.4 Å². The average molecular weight is 202 g/mol. The molecule has 0 saturated carbocycles. The van der Waals surface area contributed by atoms with E-state index in [0.29, 0.717) is 0 Å². The van der Waals surface area contributed by atoms with Crippen LogP contribution in [-0.4, -0.2) is 16.6 Å². The second-order valence-corrected chi connectivity index (χ2v) is 3.98. The number of halogens is 1. The molecule has 0 aliphatic heterocycles. The minimum atomic E-state index is 0.771. The Labute approximate surface area is 82.5 Å². The van der Waals surface area contributed by atoms with Crippen molar-refractivity contribution in [1.29, 1.82) is 0 Å². The van der Waals surface area contributed by atoms with Crippen LogP contribution >= 0.6 is 23.4 Å². The quantitative estimate of drug-likeness (QED) is 0.412. The van der Waals surface area contributed by atoms with Crippen molar-refractivity contribution in [1.82, 2.24) is 4.98 Å². The van der Waals surface area contributed by atoms with Gasteiger partial charge in [-0.2, -0.15) is 0 Å². The third-order valence-corrected chi connectivity index (χ3v) is 2.77. The zero-order valence-corrected chi connectivity index (χ0v) is 8.44. The van der Waals surface area contributed by atoms with Crippen LogP contribution in [0.25, 0.3) is 0 Å². The van der Waals surface area contributed by atoms with Crippen molar-refractivity contribution >= 4 is 23.4 Å². The molecule has 0 bridgehead atoms. The summed E-state index contributed by atoms with van der Waals surface area (Å²) >= 11 is 7.40. The summed E-state index contributed by atoms with van der Waals surface area (Å²) in [5, 5.41) is 0. The number of rotatable bonds is 5. The summed E-state index contributed by atoms with van der Waals surface area (Å²) in [6.45, 7) is 0. The summed E-state index contributed by atoms with van der Waals surface area (Å²) in [4.78, 5) is 5.28. The molecular formula is C9H12ClNS. The predicted molar refractivity (Wildman–Crippen MR) is 54.9 cm³/mol.